The topological polar surface area (TPSA) is 51.4 Å². The highest BCUT2D eigenvalue weighted by Gasteiger charge is 2.10. The van der Waals surface area contributed by atoms with Gasteiger partial charge >= 0.3 is 0 Å². The zero-order valence-corrected chi connectivity index (χ0v) is 21.0. The van der Waals surface area contributed by atoms with Crippen molar-refractivity contribution in [2.75, 3.05) is 26.5 Å². The van der Waals surface area contributed by atoms with E-state index < -0.39 is 0 Å². The van der Waals surface area contributed by atoms with E-state index in [1.54, 1.807) is 11.8 Å². The molecule has 0 saturated heterocycles. The molecule has 0 aliphatic carbocycles. The van der Waals surface area contributed by atoms with Gasteiger partial charge in [0.25, 0.3) is 0 Å². The van der Waals surface area contributed by atoms with Crippen LogP contribution in [0.2, 0.25) is 0 Å². The number of rotatable bonds is 12. The molecule has 1 aromatic heterocycles. The first kappa shape index (κ1) is 24.8. The fourth-order valence-electron chi connectivity index (χ4n) is 3.56. The first-order valence-electron chi connectivity index (χ1n) is 11.7. The third-order valence-electron chi connectivity index (χ3n) is 5.55. The van der Waals surface area contributed by atoms with Gasteiger partial charge < -0.3 is 14.1 Å². The van der Waals surface area contributed by atoms with Crippen LogP contribution in [0.4, 0.5) is 0 Å². The Morgan fingerprint density at radius 3 is 2.34 bits per heavy atom. The van der Waals surface area contributed by atoms with Crippen LogP contribution in [0.3, 0.4) is 0 Å². The summed E-state index contributed by atoms with van der Waals surface area (Å²) in [6, 6.07) is 29.0. The molecule has 5 nitrogen and oxygen atoms in total. The molecule has 35 heavy (non-hydrogen) atoms. The second-order valence-electron chi connectivity index (χ2n) is 8.42. The zero-order valence-electron chi connectivity index (χ0n) is 20.2. The Kier molecular flexibility index (Phi) is 9.15. The van der Waals surface area contributed by atoms with Crippen molar-refractivity contribution in [3.05, 3.63) is 108 Å². The van der Waals surface area contributed by atoms with Crippen molar-refractivity contribution in [1.82, 2.24) is 15.1 Å². The molecule has 1 atom stereocenters. The summed E-state index contributed by atoms with van der Waals surface area (Å²) in [4.78, 5) is 2.24. The predicted molar refractivity (Wildman–Crippen MR) is 144 cm³/mol. The summed E-state index contributed by atoms with van der Waals surface area (Å²) in [5.74, 6) is 3.58. The molecule has 1 heterocycles. The highest BCUT2D eigenvalue weighted by molar-refractivity contribution is 7.98. The second kappa shape index (κ2) is 12.9. The van der Waals surface area contributed by atoms with Gasteiger partial charge in [-0.15, -0.1) is 22.0 Å². The van der Waals surface area contributed by atoms with E-state index in [4.69, 9.17) is 9.15 Å². The van der Waals surface area contributed by atoms with Gasteiger partial charge in [0.15, 0.2) is 0 Å². The number of hydrogen-bond donors (Lipinski definition) is 0. The van der Waals surface area contributed by atoms with Gasteiger partial charge in [0.1, 0.15) is 5.75 Å². The number of likely N-dealkylation sites (N-methyl/N-ethyl adjacent to an activating group) is 1. The van der Waals surface area contributed by atoms with Crippen molar-refractivity contribution in [1.29, 1.82) is 0 Å². The average molecular weight is 486 g/mol. The molecule has 180 valence electrons. The third kappa shape index (κ3) is 7.84. The number of para-hydroxylation sites is 1. The lowest BCUT2D eigenvalue weighted by Crippen LogP contribution is -2.27. The van der Waals surface area contributed by atoms with E-state index in [1.165, 1.54) is 5.56 Å². The monoisotopic (exact) mass is 485 g/mol. The number of aromatic nitrogens is 2. The molecule has 0 amide bonds. The van der Waals surface area contributed by atoms with Crippen LogP contribution in [-0.4, -0.2) is 47.6 Å². The van der Waals surface area contributed by atoms with E-state index in [1.807, 2.05) is 42.5 Å². The molecule has 3 aromatic carbocycles. The van der Waals surface area contributed by atoms with E-state index >= 15 is 0 Å². The van der Waals surface area contributed by atoms with Crippen LogP contribution < -0.4 is 4.74 Å². The van der Waals surface area contributed by atoms with Gasteiger partial charge in [-0.25, -0.2) is 0 Å². The smallest absolute Gasteiger partial charge is 0.247 e. The average Bonchev–Trinajstić information content (AvgIpc) is 3.37. The van der Waals surface area contributed by atoms with Crippen LogP contribution in [0.1, 0.15) is 17.0 Å². The predicted octanol–water partition coefficient (Wildman–Crippen LogP) is 6.23. The fraction of sp³-hybridized carbons (Fsp3) is 0.241. The van der Waals surface area contributed by atoms with Gasteiger partial charge in [-0.3, -0.25) is 0 Å². The van der Waals surface area contributed by atoms with Crippen LogP contribution in [0.25, 0.3) is 17.5 Å². The molecule has 4 aromatic rings. The minimum absolute atomic E-state index is 0.325. The first-order chi connectivity index (χ1) is 17.2. The van der Waals surface area contributed by atoms with Crippen molar-refractivity contribution in [2.45, 2.75) is 18.2 Å². The Bertz CT molecular complexity index is 1180. The molecular weight excluding hydrogens is 454 g/mol. The van der Waals surface area contributed by atoms with Gasteiger partial charge in [0, 0.05) is 17.4 Å². The third-order valence-corrected chi connectivity index (χ3v) is 6.46. The standard InChI is InChI=1S/C29H31N3O2S/c1-32(2)26(21-24-9-5-3-6-10-24)18-15-23-13-16-25(17-14-23)29-31-30-28(34-29)22-35-20-19-33-27-11-7-4-8-12-27/h3-18,26H,19-22H2,1-2H3/b18-15+. The van der Waals surface area contributed by atoms with Crippen molar-refractivity contribution in [3.63, 3.8) is 0 Å². The molecule has 0 aliphatic heterocycles. The summed E-state index contributed by atoms with van der Waals surface area (Å²) in [7, 11) is 4.23. The number of nitrogens with zero attached hydrogens (tertiary/aromatic N) is 3. The van der Waals surface area contributed by atoms with Crippen molar-refractivity contribution >= 4 is 17.8 Å². The molecule has 4 rings (SSSR count). The minimum Gasteiger partial charge on any atom is -0.493 e. The molecule has 0 bridgehead atoms. The summed E-state index contributed by atoms with van der Waals surface area (Å²) < 4.78 is 11.6. The van der Waals surface area contributed by atoms with Gasteiger partial charge in [0.05, 0.1) is 12.4 Å². The first-order valence-corrected chi connectivity index (χ1v) is 12.9. The van der Waals surface area contributed by atoms with Gasteiger partial charge in [0.2, 0.25) is 11.8 Å². The molecule has 0 spiro atoms. The molecule has 1 unspecified atom stereocenters. The second-order valence-corrected chi connectivity index (χ2v) is 9.52. The van der Waals surface area contributed by atoms with E-state index in [0.717, 1.165) is 29.1 Å². The van der Waals surface area contributed by atoms with E-state index in [-0.39, 0.29) is 0 Å². The van der Waals surface area contributed by atoms with E-state index in [2.05, 4.69) is 83.8 Å². The quantitative estimate of drug-likeness (QED) is 0.222. The van der Waals surface area contributed by atoms with Crippen LogP contribution >= 0.6 is 11.8 Å². The summed E-state index contributed by atoms with van der Waals surface area (Å²) >= 11 is 1.71. The lowest BCUT2D eigenvalue weighted by atomic mass is 10.0. The van der Waals surface area contributed by atoms with E-state index in [0.29, 0.717) is 30.2 Å². The van der Waals surface area contributed by atoms with Crippen LogP contribution in [0.15, 0.2) is 95.4 Å². The molecule has 6 heteroatoms. The number of benzene rings is 3. The van der Waals surface area contributed by atoms with Gasteiger partial charge in [-0.05, 0) is 55.9 Å². The molecular formula is C29H31N3O2S. The van der Waals surface area contributed by atoms with Crippen LogP contribution in [-0.2, 0) is 12.2 Å². The van der Waals surface area contributed by atoms with Gasteiger partial charge in [-0.1, -0.05) is 72.8 Å². The Morgan fingerprint density at radius 2 is 1.63 bits per heavy atom. The van der Waals surface area contributed by atoms with Crippen LogP contribution in [0.5, 0.6) is 5.75 Å². The summed E-state index contributed by atoms with van der Waals surface area (Å²) in [6.07, 6.45) is 5.40. The maximum Gasteiger partial charge on any atom is 0.247 e. The summed E-state index contributed by atoms with van der Waals surface area (Å²) in [5, 5.41) is 8.41. The highest BCUT2D eigenvalue weighted by atomic mass is 32.2. The van der Waals surface area contributed by atoms with E-state index in [9.17, 15) is 0 Å². The Labute approximate surface area is 211 Å². The molecule has 0 N–H and O–H groups in total. The zero-order chi connectivity index (χ0) is 24.3. The fourth-order valence-corrected chi connectivity index (χ4v) is 4.20. The largest absolute Gasteiger partial charge is 0.493 e. The molecule has 0 saturated carbocycles. The molecule has 0 aliphatic rings. The summed E-state index contributed by atoms with van der Waals surface area (Å²) in [6.45, 7) is 0.644. The van der Waals surface area contributed by atoms with Gasteiger partial charge in [-0.2, -0.15) is 0 Å². The normalized spacial score (nSPS) is 12.3. The summed E-state index contributed by atoms with van der Waals surface area (Å²) in [5.41, 5.74) is 3.40. The Morgan fingerprint density at radius 1 is 0.914 bits per heavy atom. The van der Waals surface area contributed by atoms with Crippen molar-refractivity contribution in [3.8, 4) is 17.2 Å². The number of ether oxygens (including phenoxy) is 1. The van der Waals surface area contributed by atoms with Crippen LogP contribution in [0, 0.1) is 0 Å². The minimum atomic E-state index is 0.325. The number of thioether (sulfide) groups is 1. The number of hydrogen-bond acceptors (Lipinski definition) is 6. The van der Waals surface area contributed by atoms with Crippen molar-refractivity contribution < 1.29 is 9.15 Å². The lowest BCUT2D eigenvalue weighted by molar-refractivity contribution is 0.342. The Hall–Kier alpha value is -3.35. The SMILES string of the molecule is CN(C)C(/C=C/c1ccc(-c2nnc(CSCCOc3ccccc3)o2)cc1)Cc1ccccc1. The Balaban J connectivity index is 1.26. The maximum absolute atomic E-state index is 5.86. The highest BCUT2D eigenvalue weighted by Crippen LogP contribution is 2.21. The molecule has 0 radical (unpaired) electrons. The molecule has 0 fully saturated rings. The lowest BCUT2D eigenvalue weighted by Gasteiger charge is -2.21. The van der Waals surface area contributed by atoms with Crippen molar-refractivity contribution in [2.24, 2.45) is 0 Å². The maximum atomic E-state index is 5.86.